The Morgan fingerprint density at radius 3 is 2.56 bits per heavy atom. The van der Waals surface area contributed by atoms with Gasteiger partial charge in [0.1, 0.15) is 0 Å². The Morgan fingerprint density at radius 1 is 1.12 bits per heavy atom. The molecule has 1 aromatic heterocycles. The Balaban J connectivity index is 1.71. The van der Waals surface area contributed by atoms with Crippen molar-refractivity contribution in [1.29, 1.82) is 0 Å². The smallest absolute Gasteiger partial charge is 0.304 e. The van der Waals surface area contributed by atoms with Gasteiger partial charge in [0, 0.05) is 16.0 Å². The molecule has 32 heavy (non-hydrogen) atoms. The molecule has 0 radical (unpaired) electrons. The van der Waals surface area contributed by atoms with Gasteiger partial charge in [0.2, 0.25) is 5.91 Å². The summed E-state index contributed by atoms with van der Waals surface area (Å²) in [5.41, 5.74) is 2.28. The number of hydrogen-bond donors (Lipinski definition) is 2. The summed E-state index contributed by atoms with van der Waals surface area (Å²) in [7, 11) is 0. The van der Waals surface area contributed by atoms with Gasteiger partial charge in [-0.15, -0.1) is 11.3 Å². The number of benzene rings is 2. The quantitative estimate of drug-likeness (QED) is 0.557. The number of β-amino-alcohol motifs (C(OH)–C–C–N with tert-alkyl or cyclic N) is 1. The van der Waals surface area contributed by atoms with Gasteiger partial charge in [0.25, 0.3) is 0 Å². The molecule has 3 aromatic rings. The van der Waals surface area contributed by atoms with Gasteiger partial charge in [-0.05, 0) is 30.4 Å². The van der Waals surface area contributed by atoms with Gasteiger partial charge in [-0.1, -0.05) is 60.1 Å². The van der Waals surface area contributed by atoms with Gasteiger partial charge in [-0.25, -0.2) is 4.98 Å². The highest BCUT2D eigenvalue weighted by Crippen LogP contribution is 2.38. The lowest BCUT2D eigenvalue weighted by atomic mass is 9.78. The summed E-state index contributed by atoms with van der Waals surface area (Å²) in [6.07, 6.45) is -0.0231. The number of aromatic nitrogens is 1. The molecule has 2 heterocycles. The average molecular weight is 471 g/mol. The van der Waals surface area contributed by atoms with Crippen LogP contribution in [0.1, 0.15) is 30.7 Å². The molecule has 0 bridgehead atoms. The van der Waals surface area contributed by atoms with Gasteiger partial charge >= 0.3 is 5.97 Å². The molecular weight excluding hydrogens is 448 g/mol. The van der Waals surface area contributed by atoms with E-state index in [4.69, 9.17) is 11.6 Å². The van der Waals surface area contributed by atoms with Crippen LogP contribution in [0.15, 0.2) is 60.0 Å². The van der Waals surface area contributed by atoms with Crippen LogP contribution in [-0.2, 0) is 9.59 Å². The zero-order chi connectivity index (χ0) is 22.7. The first-order valence-corrected chi connectivity index (χ1v) is 11.7. The van der Waals surface area contributed by atoms with E-state index in [1.165, 1.54) is 16.2 Å². The standard InChI is InChI=1S/C24H23ClN2O4S/c25-20-9-5-4-8-18(20)21-14-32-24(26-21)27-13-16(28)10-11-17(15-6-2-1-3-7-15)19(23(27)31)12-22(29)30/h1-9,14,16-17,19,28H,10-13H2,(H,29,30)/t16-,17-,19+/m1/s1. The fourth-order valence-corrected chi connectivity index (χ4v) is 5.28. The lowest BCUT2D eigenvalue weighted by molar-refractivity contribution is -0.141. The van der Waals surface area contributed by atoms with E-state index in [1.807, 2.05) is 53.9 Å². The number of nitrogens with zero attached hydrogens (tertiary/aromatic N) is 2. The maximum atomic E-state index is 13.7. The van der Waals surface area contributed by atoms with Crippen molar-refractivity contribution in [2.24, 2.45) is 5.92 Å². The molecule has 3 atom stereocenters. The number of amides is 1. The molecule has 6 nitrogen and oxygen atoms in total. The van der Waals surface area contributed by atoms with Crippen LogP contribution in [0, 0.1) is 5.92 Å². The van der Waals surface area contributed by atoms with E-state index in [0.29, 0.717) is 28.7 Å². The molecule has 0 saturated carbocycles. The third-order valence-electron chi connectivity index (χ3n) is 5.77. The van der Waals surface area contributed by atoms with Crippen molar-refractivity contribution >= 4 is 39.9 Å². The van der Waals surface area contributed by atoms with E-state index in [2.05, 4.69) is 4.98 Å². The van der Waals surface area contributed by atoms with E-state index >= 15 is 0 Å². The summed E-state index contributed by atoms with van der Waals surface area (Å²) in [6, 6.07) is 16.8. The second-order valence-corrected chi connectivity index (χ2v) is 9.14. The van der Waals surface area contributed by atoms with Crippen LogP contribution in [0.4, 0.5) is 5.13 Å². The van der Waals surface area contributed by atoms with Gasteiger partial charge < -0.3 is 10.2 Å². The molecule has 4 rings (SSSR count). The van der Waals surface area contributed by atoms with Crippen LogP contribution >= 0.6 is 22.9 Å². The molecule has 1 fully saturated rings. The SMILES string of the molecule is O=C(O)C[C@@H]1C(=O)N(c2nc(-c3ccccc3Cl)cs2)C[C@H](O)CC[C@@H]1c1ccccc1. The Morgan fingerprint density at radius 2 is 1.84 bits per heavy atom. The van der Waals surface area contributed by atoms with Crippen molar-refractivity contribution in [2.45, 2.75) is 31.3 Å². The van der Waals surface area contributed by atoms with Crippen molar-refractivity contribution in [2.75, 3.05) is 11.4 Å². The van der Waals surface area contributed by atoms with Crippen LogP contribution in [0.3, 0.4) is 0 Å². The summed E-state index contributed by atoms with van der Waals surface area (Å²) < 4.78 is 0. The fraction of sp³-hybridized carbons (Fsp3) is 0.292. The zero-order valence-electron chi connectivity index (χ0n) is 17.2. The van der Waals surface area contributed by atoms with Crippen LogP contribution < -0.4 is 4.90 Å². The van der Waals surface area contributed by atoms with Crippen molar-refractivity contribution in [3.05, 3.63) is 70.6 Å². The summed E-state index contributed by atoms with van der Waals surface area (Å²) >= 11 is 7.58. The Hall–Kier alpha value is -2.74. The largest absolute Gasteiger partial charge is 0.481 e. The highest BCUT2D eigenvalue weighted by atomic mass is 35.5. The molecule has 166 valence electrons. The molecule has 1 aliphatic rings. The first-order valence-electron chi connectivity index (χ1n) is 10.4. The molecule has 1 amide bonds. The first-order chi connectivity index (χ1) is 15.4. The van der Waals surface area contributed by atoms with Crippen molar-refractivity contribution in [1.82, 2.24) is 4.98 Å². The van der Waals surface area contributed by atoms with Gasteiger partial charge in [-0.2, -0.15) is 0 Å². The number of carboxylic acids is 1. The maximum absolute atomic E-state index is 13.7. The normalized spacial score (nSPS) is 21.8. The molecule has 2 aromatic carbocycles. The first kappa shape index (κ1) is 22.5. The number of hydrogen-bond acceptors (Lipinski definition) is 5. The van der Waals surface area contributed by atoms with Gasteiger partial charge in [0.15, 0.2) is 5.13 Å². The number of halogens is 1. The lowest BCUT2D eigenvalue weighted by Gasteiger charge is -2.34. The highest BCUT2D eigenvalue weighted by molar-refractivity contribution is 7.14. The number of carbonyl (C=O) groups excluding carboxylic acids is 1. The van der Waals surface area contributed by atoms with Gasteiger partial charge in [0.05, 0.1) is 30.7 Å². The van der Waals surface area contributed by atoms with E-state index in [0.717, 1.165) is 11.1 Å². The van der Waals surface area contributed by atoms with Crippen LogP contribution in [0.5, 0.6) is 0 Å². The number of carboxylic acid groups (broad SMARTS) is 1. The minimum atomic E-state index is -1.03. The summed E-state index contributed by atoms with van der Waals surface area (Å²) in [5.74, 6) is -2.42. The molecule has 1 saturated heterocycles. The number of anilines is 1. The molecule has 8 heteroatoms. The van der Waals surface area contributed by atoms with E-state index in [9.17, 15) is 19.8 Å². The highest BCUT2D eigenvalue weighted by Gasteiger charge is 2.38. The molecule has 0 aliphatic carbocycles. The Labute approximate surface area is 195 Å². The lowest BCUT2D eigenvalue weighted by Crippen LogP contribution is -2.45. The average Bonchev–Trinajstić information content (AvgIpc) is 3.26. The van der Waals surface area contributed by atoms with E-state index < -0.39 is 18.0 Å². The number of rotatable bonds is 5. The van der Waals surface area contributed by atoms with E-state index in [1.54, 1.807) is 6.07 Å². The molecule has 0 spiro atoms. The van der Waals surface area contributed by atoms with Crippen molar-refractivity contribution in [3.8, 4) is 11.3 Å². The monoisotopic (exact) mass is 470 g/mol. The Bertz CT molecular complexity index is 1100. The van der Waals surface area contributed by atoms with Crippen LogP contribution in [-0.4, -0.2) is 39.7 Å². The second-order valence-electron chi connectivity index (χ2n) is 7.90. The summed E-state index contributed by atoms with van der Waals surface area (Å²) in [4.78, 5) is 31.4. The van der Waals surface area contributed by atoms with Crippen molar-refractivity contribution in [3.63, 3.8) is 0 Å². The third kappa shape index (κ3) is 4.85. The number of aliphatic hydroxyl groups excluding tert-OH is 1. The topological polar surface area (TPSA) is 90.7 Å². The number of carbonyl (C=O) groups is 2. The van der Waals surface area contributed by atoms with E-state index in [-0.39, 0.29) is 24.8 Å². The molecule has 1 aliphatic heterocycles. The second kappa shape index (κ2) is 9.81. The van der Waals surface area contributed by atoms with Crippen LogP contribution in [0.2, 0.25) is 5.02 Å². The fourth-order valence-electron chi connectivity index (χ4n) is 4.21. The van der Waals surface area contributed by atoms with Gasteiger partial charge in [-0.3, -0.25) is 14.5 Å². The number of thiazole rings is 1. The number of aliphatic hydroxyl groups is 1. The predicted octanol–water partition coefficient (Wildman–Crippen LogP) is 4.83. The molecule has 2 N–H and O–H groups in total. The predicted molar refractivity (Wildman–Crippen MR) is 125 cm³/mol. The van der Waals surface area contributed by atoms with Crippen molar-refractivity contribution < 1.29 is 19.8 Å². The van der Waals surface area contributed by atoms with Crippen LogP contribution in [0.25, 0.3) is 11.3 Å². The Kier molecular flexibility index (Phi) is 6.89. The molecule has 0 unspecified atom stereocenters. The third-order valence-corrected chi connectivity index (χ3v) is 6.96. The minimum Gasteiger partial charge on any atom is -0.481 e. The minimum absolute atomic E-state index is 0.0753. The molecular formula is C24H23ClN2O4S. The zero-order valence-corrected chi connectivity index (χ0v) is 18.8. The maximum Gasteiger partial charge on any atom is 0.304 e. The summed E-state index contributed by atoms with van der Waals surface area (Å²) in [6.45, 7) is 0.0753. The summed E-state index contributed by atoms with van der Waals surface area (Å²) in [5, 5.41) is 23.0. The number of aliphatic carboxylic acids is 1.